The molecule has 0 bridgehead atoms. The number of halogens is 3. The van der Waals surface area contributed by atoms with E-state index in [1.165, 1.54) is 37.3 Å². The number of carbonyl (C=O) groups is 1. The van der Waals surface area contributed by atoms with Crippen molar-refractivity contribution in [1.29, 1.82) is 0 Å². The molecule has 4 saturated carbocycles. The predicted octanol–water partition coefficient (Wildman–Crippen LogP) is 13.0. The minimum absolute atomic E-state index is 0.0199. The molecule has 0 N–H and O–H groups in total. The average molecular weight is 806 g/mol. The summed E-state index contributed by atoms with van der Waals surface area (Å²) in [6.07, 6.45) is 13.6. The minimum Gasteiger partial charge on any atom is -0.495 e. The van der Waals surface area contributed by atoms with Gasteiger partial charge in [0.2, 0.25) is 0 Å². The summed E-state index contributed by atoms with van der Waals surface area (Å²) in [6.45, 7) is 29.4. The molecule has 6 rings (SSSR count). The van der Waals surface area contributed by atoms with Crippen molar-refractivity contribution in [2.45, 2.75) is 172 Å². The van der Waals surface area contributed by atoms with Crippen LogP contribution >= 0.6 is 0 Å². The maximum atomic E-state index is 14.3. The molecule has 1 aromatic heterocycles. The van der Waals surface area contributed by atoms with Crippen LogP contribution in [0.4, 0.5) is 13.2 Å². The zero-order chi connectivity index (χ0) is 42.6. The van der Waals surface area contributed by atoms with Crippen molar-refractivity contribution in [3.05, 3.63) is 59.7 Å². The van der Waals surface area contributed by atoms with Gasteiger partial charge in [0.05, 0.1) is 17.4 Å². The van der Waals surface area contributed by atoms with Crippen LogP contribution in [0.5, 0.6) is 5.75 Å². The minimum atomic E-state index is -4.78. The maximum absolute atomic E-state index is 14.3. The molecule has 8 atom stereocenters. The molecule has 8 unspecified atom stereocenters. The van der Waals surface area contributed by atoms with Gasteiger partial charge in [-0.2, -0.15) is 0 Å². The molecule has 5 aliphatic rings. The lowest BCUT2D eigenvalue weighted by atomic mass is 9.36. The van der Waals surface area contributed by atoms with Crippen molar-refractivity contribution in [3.8, 4) is 5.75 Å². The van der Waals surface area contributed by atoms with E-state index < -0.39 is 11.8 Å². The molecule has 1 heterocycles. The Balaban J connectivity index is 1.33. The van der Waals surface area contributed by atoms with E-state index >= 15 is 0 Å². The molecule has 320 valence electrons. The van der Waals surface area contributed by atoms with Gasteiger partial charge >= 0.3 is 12.1 Å². The molecule has 5 aliphatic carbocycles. The van der Waals surface area contributed by atoms with Crippen molar-refractivity contribution >= 4 is 17.2 Å². The fourth-order valence-electron chi connectivity index (χ4n) is 13.6. The van der Waals surface area contributed by atoms with Crippen molar-refractivity contribution in [2.24, 2.45) is 56.7 Å². The quantitative estimate of drug-likeness (QED) is 0.0913. The molecule has 0 aromatic carbocycles. The predicted molar refractivity (Wildman–Crippen MR) is 229 cm³/mol. The highest BCUT2D eigenvalue weighted by Gasteiger charge is 2.68. The molecule has 8 heteroatoms. The van der Waals surface area contributed by atoms with Crippen molar-refractivity contribution < 1.29 is 27.4 Å². The van der Waals surface area contributed by atoms with Crippen LogP contribution in [0, 0.1) is 56.7 Å². The molecule has 0 aliphatic heterocycles. The molecular formula is C50H72F3N2O3+. The second-order valence-electron chi connectivity index (χ2n) is 20.9. The number of pyridine rings is 1. The molecule has 0 radical (unpaired) electrons. The van der Waals surface area contributed by atoms with Gasteiger partial charge in [-0.25, -0.2) is 4.98 Å². The third-order valence-electron chi connectivity index (χ3n) is 16.1. The van der Waals surface area contributed by atoms with Crippen LogP contribution < -0.4 is 9.40 Å². The SMILES string of the molecule is C=CC(C)(C)C/C(=C\CC)OC1CCC2(C)C(CCC3(C)C4CCC5(C(CCC)=[N+]=C(C)c6ccc(OC(F)(F)F)cn6)CC(=O)C(C(C)C)=C5C4CCC32)C1(C)C. The van der Waals surface area contributed by atoms with Crippen LogP contribution in [0.15, 0.2) is 54.0 Å². The Bertz CT molecular complexity index is 1860. The van der Waals surface area contributed by atoms with E-state index in [0.29, 0.717) is 41.5 Å². The van der Waals surface area contributed by atoms with Gasteiger partial charge in [0.1, 0.15) is 17.5 Å². The molecule has 58 heavy (non-hydrogen) atoms. The lowest BCUT2D eigenvalue weighted by molar-refractivity contribution is -0.274. The van der Waals surface area contributed by atoms with Gasteiger partial charge in [-0.3, -0.25) is 4.79 Å². The van der Waals surface area contributed by atoms with Crippen LogP contribution in [0.2, 0.25) is 0 Å². The number of Topliss-reactive ketones (excluding diaryl/α,β-unsaturated/α-hetero) is 1. The number of alkyl halides is 3. The summed E-state index contributed by atoms with van der Waals surface area (Å²) in [5.41, 5.74) is 4.57. The molecule has 5 nitrogen and oxygen atoms in total. The van der Waals surface area contributed by atoms with E-state index in [4.69, 9.17) is 9.40 Å². The first kappa shape index (κ1) is 44.4. The molecule has 1 aromatic rings. The second kappa shape index (κ2) is 16.1. The molecule has 0 saturated heterocycles. The normalized spacial score (nSPS) is 33.4. The van der Waals surface area contributed by atoms with Gasteiger partial charge in [0.25, 0.3) is 5.71 Å². The Hall–Kier alpha value is -3.12. The summed E-state index contributed by atoms with van der Waals surface area (Å²) in [6, 6.07) is 2.83. The zero-order valence-electron chi connectivity index (χ0n) is 37.5. The largest absolute Gasteiger partial charge is 0.573 e. The van der Waals surface area contributed by atoms with E-state index in [1.807, 2.05) is 6.92 Å². The van der Waals surface area contributed by atoms with Gasteiger partial charge in [-0.05, 0) is 139 Å². The van der Waals surface area contributed by atoms with Crippen LogP contribution in [-0.2, 0) is 9.53 Å². The fraction of sp³-hybridized carbons (Fsp3) is 0.720. The lowest BCUT2D eigenvalue weighted by Gasteiger charge is -2.68. The second-order valence-corrected chi connectivity index (χ2v) is 20.9. The van der Waals surface area contributed by atoms with Gasteiger partial charge < -0.3 is 9.47 Å². The van der Waals surface area contributed by atoms with Gasteiger partial charge in [0.15, 0.2) is 5.78 Å². The number of hydrogen-bond acceptors (Lipinski definition) is 4. The first-order valence-electron chi connectivity index (χ1n) is 22.5. The summed E-state index contributed by atoms with van der Waals surface area (Å²) in [5, 5.41) is 0. The number of allylic oxidation sites excluding steroid dienone is 5. The van der Waals surface area contributed by atoms with E-state index in [2.05, 4.69) is 97.7 Å². The van der Waals surface area contributed by atoms with Crippen LogP contribution in [-0.4, -0.2) is 34.7 Å². The standard InChI is InChI=1S/C50H72F3N2O3/c1-13-16-33(28-45(7,8)15-3)57-42-24-26-48(12)39(46(42,9)10)23-25-47(11)36-22-27-49(29-38(56)43(31(4)5)44(49)35(36)19-21-40(47)48)41(17-14-2)55-32(6)37-20-18-34(30-54-37)58-50(51,52)53/h15-16,18,20,30-31,35-36,39-40,42H,3,13-14,17,19,21-29H2,1-2,4-12H3/q+1/b33-16+. The van der Waals surface area contributed by atoms with E-state index in [0.717, 1.165) is 74.6 Å². The Morgan fingerprint density at radius 2 is 1.71 bits per heavy atom. The summed E-state index contributed by atoms with van der Waals surface area (Å²) in [7, 11) is 0. The topological polar surface area (TPSA) is 62.5 Å². The molecule has 0 amide bonds. The monoisotopic (exact) mass is 806 g/mol. The molecular weight excluding hydrogens is 734 g/mol. The summed E-state index contributed by atoms with van der Waals surface area (Å²) >= 11 is 0. The van der Waals surface area contributed by atoms with Crippen LogP contribution in [0.1, 0.15) is 165 Å². The number of aromatic nitrogens is 1. The first-order valence-corrected chi connectivity index (χ1v) is 22.5. The van der Waals surface area contributed by atoms with Crippen LogP contribution in [0.3, 0.4) is 0 Å². The summed E-state index contributed by atoms with van der Waals surface area (Å²) in [5.74, 6) is 3.16. The van der Waals surface area contributed by atoms with E-state index in [-0.39, 0.29) is 45.2 Å². The number of nitrogens with zero attached hydrogens (tertiary/aromatic N) is 2. The number of fused-ring (bicyclic) bond motifs is 7. The summed E-state index contributed by atoms with van der Waals surface area (Å²) in [4.78, 5) is 18.6. The average Bonchev–Trinajstić information content (AvgIpc) is 3.45. The number of ether oxygens (including phenoxy) is 2. The van der Waals surface area contributed by atoms with Gasteiger partial charge in [-0.15, -0.1) is 19.8 Å². The van der Waals surface area contributed by atoms with Crippen LogP contribution in [0.25, 0.3) is 0 Å². The Labute approximate surface area is 347 Å². The highest BCUT2D eigenvalue weighted by atomic mass is 19.4. The molecule has 4 fully saturated rings. The number of carbonyl (C=O) groups excluding carboxylic acids is 1. The zero-order valence-corrected chi connectivity index (χ0v) is 37.5. The number of ketones is 1. The third kappa shape index (κ3) is 7.94. The summed E-state index contributed by atoms with van der Waals surface area (Å²) < 4.78 is 55.1. The van der Waals surface area contributed by atoms with Crippen molar-refractivity contribution in [3.63, 3.8) is 0 Å². The van der Waals surface area contributed by atoms with Crippen molar-refractivity contribution in [2.75, 3.05) is 0 Å². The Kier molecular flexibility index (Phi) is 12.3. The number of rotatable bonds is 12. The van der Waals surface area contributed by atoms with Crippen molar-refractivity contribution in [1.82, 2.24) is 9.65 Å². The van der Waals surface area contributed by atoms with E-state index in [9.17, 15) is 18.0 Å². The highest BCUT2D eigenvalue weighted by molar-refractivity contribution is 6.10. The Morgan fingerprint density at radius 3 is 2.31 bits per heavy atom. The maximum Gasteiger partial charge on any atom is 0.573 e. The highest BCUT2D eigenvalue weighted by Crippen LogP contribution is 2.73. The van der Waals surface area contributed by atoms with Gasteiger partial charge in [-0.1, -0.05) is 80.0 Å². The first-order chi connectivity index (χ1) is 27.1. The van der Waals surface area contributed by atoms with E-state index in [1.54, 1.807) is 6.07 Å². The number of hydrogen-bond donors (Lipinski definition) is 0. The lowest BCUT2D eigenvalue weighted by Crippen LogP contribution is -2.63. The Morgan fingerprint density at radius 1 is 1.00 bits per heavy atom. The fourth-order valence-corrected chi connectivity index (χ4v) is 13.6. The third-order valence-corrected chi connectivity index (χ3v) is 16.1. The smallest absolute Gasteiger partial charge is 0.495 e. The van der Waals surface area contributed by atoms with Gasteiger partial charge in [0, 0.05) is 31.6 Å². The molecule has 0 spiro atoms.